The quantitative estimate of drug-likeness (QED) is 0.518. The first-order valence-corrected chi connectivity index (χ1v) is 11.1. The maximum Gasteiger partial charge on any atom is 0.237 e. The lowest BCUT2D eigenvalue weighted by Gasteiger charge is -2.29. The third-order valence-electron chi connectivity index (χ3n) is 6.04. The van der Waals surface area contributed by atoms with Gasteiger partial charge in [-0.1, -0.05) is 35.9 Å². The molecule has 166 valence electrons. The molecule has 1 amide bonds. The number of amides is 1. The van der Waals surface area contributed by atoms with E-state index in [0.717, 1.165) is 41.3 Å². The van der Waals surface area contributed by atoms with Crippen molar-refractivity contribution in [1.82, 2.24) is 5.32 Å². The number of fused-ring (bicyclic) bond motifs is 1. The maximum absolute atomic E-state index is 13.0. The Hall–Kier alpha value is -3.31. The molecule has 4 N–H and O–H groups in total. The van der Waals surface area contributed by atoms with Gasteiger partial charge in [-0.05, 0) is 80.6 Å². The van der Waals surface area contributed by atoms with E-state index >= 15 is 0 Å². The van der Waals surface area contributed by atoms with Gasteiger partial charge in [-0.25, -0.2) is 0 Å². The summed E-state index contributed by atoms with van der Waals surface area (Å²) >= 11 is 0. The second-order valence-corrected chi connectivity index (χ2v) is 8.63. The Bertz CT molecular complexity index is 1090. The first kappa shape index (κ1) is 21.9. The van der Waals surface area contributed by atoms with Crippen LogP contribution in [0.4, 0.5) is 5.69 Å². The van der Waals surface area contributed by atoms with E-state index < -0.39 is 6.04 Å². The van der Waals surface area contributed by atoms with Crippen molar-refractivity contribution in [1.29, 1.82) is 0 Å². The van der Waals surface area contributed by atoms with Crippen LogP contribution >= 0.6 is 0 Å². The largest absolute Gasteiger partial charge is 0.457 e. The number of carbonyl (C=O) groups excluding carboxylic acids is 1. The van der Waals surface area contributed by atoms with Crippen LogP contribution in [0.25, 0.3) is 0 Å². The zero-order valence-electron chi connectivity index (χ0n) is 18.9. The molecule has 4 rings (SSSR count). The van der Waals surface area contributed by atoms with Crippen LogP contribution in [0.3, 0.4) is 0 Å². The van der Waals surface area contributed by atoms with Crippen LogP contribution in [0, 0.1) is 20.8 Å². The molecule has 0 spiro atoms. The summed E-state index contributed by atoms with van der Waals surface area (Å²) in [5.41, 5.74) is 13.1. The second kappa shape index (κ2) is 9.45. The standard InChI is InChI=1S/C27H31N3O2/c1-17-13-18(2)22(19(3)14-17)16-24(28)27(31)30-26-11-12-29-25-10-9-21(15-23(25)26)32-20-7-5-4-6-8-20/h4-10,13-15,24,26,29H,11-12,16,28H2,1-3H3,(H,30,31)/t24-,26-/m0/s1. The lowest BCUT2D eigenvalue weighted by Crippen LogP contribution is -2.44. The fourth-order valence-electron chi connectivity index (χ4n) is 4.46. The first-order chi connectivity index (χ1) is 15.4. The number of rotatable bonds is 6. The van der Waals surface area contributed by atoms with Gasteiger partial charge in [0.1, 0.15) is 11.5 Å². The highest BCUT2D eigenvalue weighted by atomic mass is 16.5. The van der Waals surface area contributed by atoms with E-state index in [1.807, 2.05) is 48.5 Å². The Morgan fingerprint density at radius 3 is 2.50 bits per heavy atom. The van der Waals surface area contributed by atoms with Crippen molar-refractivity contribution in [3.63, 3.8) is 0 Å². The summed E-state index contributed by atoms with van der Waals surface area (Å²) < 4.78 is 5.99. The highest BCUT2D eigenvalue weighted by Gasteiger charge is 2.25. The van der Waals surface area contributed by atoms with Crippen molar-refractivity contribution in [3.8, 4) is 11.5 Å². The van der Waals surface area contributed by atoms with Gasteiger partial charge in [0.25, 0.3) is 0 Å². The normalized spacial score (nSPS) is 15.9. The Morgan fingerprint density at radius 2 is 1.78 bits per heavy atom. The molecule has 2 atom stereocenters. The van der Waals surface area contributed by atoms with Crippen molar-refractivity contribution in [2.45, 2.75) is 45.7 Å². The summed E-state index contributed by atoms with van der Waals surface area (Å²) in [7, 11) is 0. The van der Waals surface area contributed by atoms with E-state index in [1.165, 1.54) is 16.7 Å². The zero-order valence-corrected chi connectivity index (χ0v) is 18.9. The molecule has 0 unspecified atom stereocenters. The molecular formula is C27H31N3O2. The van der Waals surface area contributed by atoms with Gasteiger partial charge in [0.2, 0.25) is 5.91 Å². The lowest BCUT2D eigenvalue weighted by atomic mass is 9.93. The highest BCUT2D eigenvalue weighted by molar-refractivity contribution is 5.82. The fourth-order valence-corrected chi connectivity index (χ4v) is 4.46. The molecule has 1 aliphatic heterocycles. The third kappa shape index (κ3) is 4.94. The molecule has 0 bridgehead atoms. The number of nitrogens with two attached hydrogens (primary N) is 1. The van der Waals surface area contributed by atoms with Crippen LogP contribution in [-0.4, -0.2) is 18.5 Å². The number of aryl methyl sites for hydroxylation is 3. The molecule has 0 aromatic heterocycles. The Labute approximate surface area is 190 Å². The summed E-state index contributed by atoms with van der Waals surface area (Å²) in [6.07, 6.45) is 1.32. The predicted molar refractivity (Wildman–Crippen MR) is 129 cm³/mol. The summed E-state index contributed by atoms with van der Waals surface area (Å²) in [5, 5.41) is 6.59. The number of hydrogen-bond donors (Lipinski definition) is 3. The summed E-state index contributed by atoms with van der Waals surface area (Å²) in [6, 6.07) is 19.2. The van der Waals surface area contributed by atoms with Crippen molar-refractivity contribution < 1.29 is 9.53 Å². The van der Waals surface area contributed by atoms with Gasteiger partial charge in [-0.15, -0.1) is 0 Å². The summed E-state index contributed by atoms with van der Waals surface area (Å²) in [4.78, 5) is 13.0. The topological polar surface area (TPSA) is 76.4 Å². The predicted octanol–water partition coefficient (Wildman–Crippen LogP) is 4.95. The Balaban J connectivity index is 1.48. The SMILES string of the molecule is Cc1cc(C)c(C[C@H](N)C(=O)N[C@H]2CCNc3ccc(Oc4ccccc4)cc32)c(C)c1. The zero-order chi connectivity index (χ0) is 22.7. The molecule has 0 saturated heterocycles. The minimum absolute atomic E-state index is 0.107. The van der Waals surface area contributed by atoms with E-state index in [2.05, 4.69) is 43.5 Å². The number of nitrogens with one attached hydrogen (secondary N) is 2. The van der Waals surface area contributed by atoms with Gasteiger partial charge in [0, 0.05) is 17.8 Å². The highest BCUT2D eigenvalue weighted by Crippen LogP contribution is 2.34. The minimum Gasteiger partial charge on any atom is -0.457 e. The van der Waals surface area contributed by atoms with Gasteiger partial charge in [-0.3, -0.25) is 4.79 Å². The molecule has 5 heteroatoms. The monoisotopic (exact) mass is 429 g/mol. The van der Waals surface area contributed by atoms with E-state index in [9.17, 15) is 4.79 Å². The van der Waals surface area contributed by atoms with Crippen LogP contribution in [-0.2, 0) is 11.2 Å². The van der Waals surface area contributed by atoms with E-state index in [1.54, 1.807) is 0 Å². The molecule has 3 aromatic rings. The van der Waals surface area contributed by atoms with Crippen molar-refractivity contribution in [2.75, 3.05) is 11.9 Å². The minimum atomic E-state index is -0.600. The van der Waals surface area contributed by atoms with Crippen LogP contribution in [0.15, 0.2) is 60.7 Å². The molecule has 1 aliphatic rings. The van der Waals surface area contributed by atoms with Crippen molar-refractivity contribution in [3.05, 3.63) is 88.5 Å². The van der Waals surface area contributed by atoms with Crippen LogP contribution in [0.2, 0.25) is 0 Å². The Morgan fingerprint density at radius 1 is 1.06 bits per heavy atom. The molecule has 5 nitrogen and oxygen atoms in total. The molecule has 1 heterocycles. The third-order valence-corrected chi connectivity index (χ3v) is 6.04. The second-order valence-electron chi connectivity index (χ2n) is 8.63. The fraction of sp³-hybridized carbons (Fsp3) is 0.296. The van der Waals surface area contributed by atoms with E-state index in [4.69, 9.17) is 10.5 Å². The smallest absolute Gasteiger partial charge is 0.237 e. The number of benzene rings is 3. The molecule has 0 fully saturated rings. The van der Waals surface area contributed by atoms with Crippen LogP contribution in [0.1, 0.15) is 40.3 Å². The summed E-state index contributed by atoms with van der Waals surface area (Å²) in [6.45, 7) is 7.04. The van der Waals surface area contributed by atoms with Crippen LogP contribution < -0.4 is 21.1 Å². The lowest BCUT2D eigenvalue weighted by molar-refractivity contribution is -0.123. The maximum atomic E-state index is 13.0. The number of ether oxygens (including phenoxy) is 1. The van der Waals surface area contributed by atoms with Gasteiger partial charge in [0.05, 0.1) is 12.1 Å². The van der Waals surface area contributed by atoms with Crippen molar-refractivity contribution >= 4 is 11.6 Å². The molecule has 0 radical (unpaired) electrons. The van der Waals surface area contributed by atoms with E-state index in [0.29, 0.717) is 6.42 Å². The van der Waals surface area contributed by atoms with Gasteiger partial charge in [-0.2, -0.15) is 0 Å². The number of hydrogen-bond acceptors (Lipinski definition) is 4. The number of carbonyl (C=O) groups is 1. The van der Waals surface area contributed by atoms with Gasteiger partial charge < -0.3 is 21.1 Å². The van der Waals surface area contributed by atoms with Gasteiger partial charge in [0.15, 0.2) is 0 Å². The summed E-state index contributed by atoms with van der Waals surface area (Å²) in [5.74, 6) is 1.40. The molecule has 32 heavy (non-hydrogen) atoms. The van der Waals surface area contributed by atoms with Gasteiger partial charge >= 0.3 is 0 Å². The Kier molecular flexibility index (Phi) is 6.47. The molecule has 0 aliphatic carbocycles. The average Bonchev–Trinajstić information content (AvgIpc) is 2.77. The van der Waals surface area contributed by atoms with Crippen molar-refractivity contribution in [2.24, 2.45) is 5.73 Å². The molecule has 0 saturated carbocycles. The average molecular weight is 430 g/mol. The number of anilines is 1. The number of para-hydroxylation sites is 1. The molecule has 3 aromatic carbocycles. The van der Waals surface area contributed by atoms with Crippen LogP contribution in [0.5, 0.6) is 11.5 Å². The van der Waals surface area contributed by atoms with E-state index in [-0.39, 0.29) is 11.9 Å². The first-order valence-electron chi connectivity index (χ1n) is 11.1. The molecular weight excluding hydrogens is 398 g/mol.